The van der Waals surface area contributed by atoms with E-state index >= 15 is 0 Å². The number of hydrogen-bond acceptors (Lipinski definition) is 7. The van der Waals surface area contributed by atoms with Crippen LogP contribution in [-0.4, -0.2) is 62.9 Å². The molecule has 11 heteroatoms. The number of anilines is 2. The average Bonchev–Trinajstić information content (AvgIpc) is 2.79. The minimum atomic E-state index is -3.64. The lowest BCUT2D eigenvalue weighted by Crippen LogP contribution is -2.40. The summed E-state index contributed by atoms with van der Waals surface area (Å²) in [5.74, 6) is -1.58. The zero-order valence-corrected chi connectivity index (χ0v) is 19.1. The molecule has 33 heavy (non-hydrogen) atoms. The van der Waals surface area contributed by atoms with Crippen LogP contribution in [0.2, 0.25) is 0 Å². The Bertz CT molecular complexity index is 1130. The Kier molecular flexibility index (Phi) is 7.79. The van der Waals surface area contributed by atoms with E-state index < -0.39 is 28.0 Å². The Labute approximate surface area is 191 Å². The summed E-state index contributed by atoms with van der Waals surface area (Å²) in [5.41, 5.74) is 0.969. The van der Waals surface area contributed by atoms with Crippen molar-refractivity contribution < 1.29 is 32.3 Å². The Hall–Kier alpha value is -3.28. The van der Waals surface area contributed by atoms with Crippen molar-refractivity contribution in [3.63, 3.8) is 0 Å². The van der Waals surface area contributed by atoms with Crippen molar-refractivity contribution in [2.75, 3.05) is 36.9 Å². The molecule has 1 heterocycles. The summed E-state index contributed by atoms with van der Waals surface area (Å²) in [6.45, 7) is 4.04. The van der Waals surface area contributed by atoms with Gasteiger partial charge in [0.2, 0.25) is 15.9 Å². The van der Waals surface area contributed by atoms with Crippen LogP contribution in [0.5, 0.6) is 0 Å². The molecule has 1 unspecified atom stereocenters. The van der Waals surface area contributed by atoms with Gasteiger partial charge < -0.3 is 20.1 Å². The highest BCUT2D eigenvalue weighted by molar-refractivity contribution is 7.89. The second kappa shape index (κ2) is 10.6. The summed E-state index contributed by atoms with van der Waals surface area (Å²) in [4.78, 5) is 36.1. The lowest BCUT2D eigenvalue weighted by atomic mass is 10.2. The molecular weight excluding hydrogens is 450 g/mol. The first-order valence-electron chi connectivity index (χ1n) is 10.2. The van der Waals surface area contributed by atoms with Crippen LogP contribution < -0.4 is 10.6 Å². The molecule has 2 amide bonds. The van der Waals surface area contributed by atoms with Crippen LogP contribution in [0, 0.1) is 0 Å². The number of esters is 1. The number of sulfonamides is 1. The van der Waals surface area contributed by atoms with E-state index in [2.05, 4.69) is 10.6 Å². The van der Waals surface area contributed by atoms with Gasteiger partial charge in [-0.15, -0.1) is 0 Å². The lowest BCUT2D eigenvalue weighted by molar-refractivity contribution is -0.123. The fourth-order valence-electron chi connectivity index (χ4n) is 3.10. The standard InChI is InChI=1S/C22H25N3O7S/c1-15(32-22(28)17-4-3-5-19(14-17)23-16(2)26)21(27)24-18-6-8-20(9-7-18)33(29,30)25-10-12-31-13-11-25/h3-9,14-15H,10-13H2,1-2H3,(H,23,26)(H,24,27). The molecule has 2 aromatic carbocycles. The number of carbonyl (C=O) groups is 3. The largest absolute Gasteiger partial charge is 0.449 e. The van der Waals surface area contributed by atoms with Crippen molar-refractivity contribution in [2.24, 2.45) is 0 Å². The van der Waals surface area contributed by atoms with E-state index in [-0.39, 0.29) is 29.5 Å². The number of amides is 2. The molecule has 0 aliphatic carbocycles. The van der Waals surface area contributed by atoms with E-state index in [9.17, 15) is 22.8 Å². The van der Waals surface area contributed by atoms with E-state index in [0.29, 0.717) is 24.6 Å². The summed E-state index contributed by atoms with van der Waals surface area (Å²) < 4.78 is 37.1. The zero-order chi connectivity index (χ0) is 24.0. The number of nitrogens with one attached hydrogen (secondary N) is 2. The van der Waals surface area contributed by atoms with Crippen LogP contribution in [0.1, 0.15) is 24.2 Å². The minimum absolute atomic E-state index is 0.112. The Morgan fingerprint density at radius 1 is 1.00 bits per heavy atom. The van der Waals surface area contributed by atoms with Gasteiger partial charge in [0, 0.05) is 31.4 Å². The summed E-state index contributed by atoms with van der Waals surface area (Å²) in [7, 11) is -3.64. The first-order valence-corrected chi connectivity index (χ1v) is 11.7. The van der Waals surface area contributed by atoms with Gasteiger partial charge in [-0.3, -0.25) is 9.59 Å². The molecular formula is C22H25N3O7S. The molecule has 3 rings (SSSR count). The molecule has 2 aromatic rings. The quantitative estimate of drug-likeness (QED) is 0.584. The average molecular weight is 476 g/mol. The third-order valence-corrected chi connectivity index (χ3v) is 6.71. The number of ether oxygens (including phenoxy) is 2. The number of morpholine rings is 1. The van der Waals surface area contributed by atoms with Crippen molar-refractivity contribution >= 4 is 39.2 Å². The molecule has 1 aliphatic heterocycles. The fourth-order valence-corrected chi connectivity index (χ4v) is 4.51. The minimum Gasteiger partial charge on any atom is -0.449 e. The molecule has 1 fully saturated rings. The first-order chi connectivity index (χ1) is 15.7. The van der Waals surface area contributed by atoms with Crippen LogP contribution in [0.4, 0.5) is 11.4 Å². The van der Waals surface area contributed by atoms with Gasteiger partial charge in [-0.05, 0) is 49.4 Å². The summed E-state index contributed by atoms with van der Waals surface area (Å²) in [6, 6.07) is 11.9. The lowest BCUT2D eigenvalue weighted by Gasteiger charge is -2.26. The molecule has 1 saturated heterocycles. The number of rotatable bonds is 7. The fraction of sp³-hybridized carbons (Fsp3) is 0.318. The van der Waals surface area contributed by atoms with Gasteiger partial charge in [0.1, 0.15) is 0 Å². The molecule has 0 spiro atoms. The number of benzene rings is 2. The second-order valence-electron chi connectivity index (χ2n) is 7.34. The molecule has 1 atom stereocenters. The normalized spacial score (nSPS) is 15.3. The van der Waals surface area contributed by atoms with Gasteiger partial charge in [0.05, 0.1) is 23.7 Å². The second-order valence-corrected chi connectivity index (χ2v) is 9.28. The van der Waals surface area contributed by atoms with Crippen LogP contribution in [0.15, 0.2) is 53.4 Å². The van der Waals surface area contributed by atoms with Gasteiger partial charge in [-0.2, -0.15) is 4.31 Å². The number of nitrogens with zero attached hydrogens (tertiary/aromatic N) is 1. The van der Waals surface area contributed by atoms with Gasteiger partial charge in [0.25, 0.3) is 5.91 Å². The molecule has 0 aromatic heterocycles. The van der Waals surface area contributed by atoms with E-state index in [1.807, 2.05) is 0 Å². The van der Waals surface area contributed by atoms with Crippen LogP contribution in [-0.2, 0) is 29.1 Å². The summed E-state index contributed by atoms with van der Waals surface area (Å²) in [6.07, 6.45) is -1.11. The van der Waals surface area contributed by atoms with Crippen LogP contribution in [0.3, 0.4) is 0 Å². The number of carbonyl (C=O) groups excluding carboxylic acids is 3. The van der Waals surface area contributed by atoms with Gasteiger partial charge >= 0.3 is 5.97 Å². The third kappa shape index (κ3) is 6.37. The van der Waals surface area contributed by atoms with Crippen molar-refractivity contribution in [1.29, 1.82) is 0 Å². The molecule has 1 aliphatic rings. The number of hydrogen-bond donors (Lipinski definition) is 2. The molecule has 0 saturated carbocycles. The van der Waals surface area contributed by atoms with E-state index in [1.165, 1.54) is 54.6 Å². The molecule has 2 N–H and O–H groups in total. The molecule has 176 valence electrons. The predicted octanol–water partition coefficient (Wildman–Crippen LogP) is 1.85. The van der Waals surface area contributed by atoms with E-state index in [4.69, 9.17) is 9.47 Å². The SMILES string of the molecule is CC(=O)Nc1cccc(C(=O)OC(C)C(=O)Nc2ccc(S(=O)(=O)N3CCOCC3)cc2)c1. The van der Waals surface area contributed by atoms with Gasteiger partial charge in [-0.1, -0.05) is 6.07 Å². The van der Waals surface area contributed by atoms with Gasteiger partial charge in [0.15, 0.2) is 6.10 Å². The zero-order valence-electron chi connectivity index (χ0n) is 18.2. The van der Waals surface area contributed by atoms with Crippen molar-refractivity contribution in [1.82, 2.24) is 4.31 Å². The van der Waals surface area contributed by atoms with E-state index in [1.54, 1.807) is 12.1 Å². The topological polar surface area (TPSA) is 131 Å². The van der Waals surface area contributed by atoms with Crippen molar-refractivity contribution in [2.45, 2.75) is 24.8 Å². The maximum absolute atomic E-state index is 12.7. The highest BCUT2D eigenvalue weighted by Crippen LogP contribution is 2.20. The summed E-state index contributed by atoms with van der Waals surface area (Å²) >= 11 is 0. The maximum Gasteiger partial charge on any atom is 0.338 e. The Balaban J connectivity index is 1.59. The molecule has 10 nitrogen and oxygen atoms in total. The molecule has 0 bridgehead atoms. The predicted molar refractivity (Wildman–Crippen MR) is 120 cm³/mol. The maximum atomic E-state index is 12.7. The monoisotopic (exact) mass is 475 g/mol. The highest BCUT2D eigenvalue weighted by atomic mass is 32.2. The Morgan fingerprint density at radius 2 is 1.67 bits per heavy atom. The van der Waals surface area contributed by atoms with Crippen molar-refractivity contribution in [3.05, 3.63) is 54.1 Å². The van der Waals surface area contributed by atoms with E-state index in [0.717, 1.165) is 0 Å². The van der Waals surface area contributed by atoms with Crippen LogP contribution in [0.25, 0.3) is 0 Å². The smallest absolute Gasteiger partial charge is 0.338 e. The Morgan fingerprint density at radius 3 is 2.30 bits per heavy atom. The van der Waals surface area contributed by atoms with Crippen LogP contribution >= 0.6 is 0 Å². The van der Waals surface area contributed by atoms with Gasteiger partial charge in [-0.25, -0.2) is 13.2 Å². The van der Waals surface area contributed by atoms with Crippen molar-refractivity contribution in [3.8, 4) is 0 Å². The first kappa shape index (κ1) is 24.4. The molecule has 0 radical (unpaired) electrons. The summed E-state index contributed by atoms with van der Waals surface area (Å²) in [5, 5.41) is 5.16. The highest BCUT2D eigenvalue weighted by Gasteiger charge is 2.26. The third-order valence-electron chi connectivity index (χ3n) is 4.80.